The Morgan fingerprint density at radius 2 is 1.59 bits per heavy atom. The molecular formula is C37H53NO. The Balaban J connectivity index is 2.91. The van der Waals surface area contributed by atoms with Gasteiger partial charge in [-0.25, -0.2) is 0 Å². The number of hydrogen-bond acceptors (Lipinski definition) is 2. The second-order valence-corrected chi connectivity index (χ2v) is 11.7. The van der Waals surface area contributed by atoms with Gasteiger partial charge in [0.2, 0.25) is 0 Å². The molecular weight excluding hydrogens is 474 g/mol. The molecule has 0 saturated carbocycles. The second kappa shape index (κ2) is 14.0. The molecule has 39 heavy (non-hydrogen) atoms. The van der Waals surface area contributed by atoms with E-state index >= 15 is 0 Å². The first-order chi connectivity index (χ1) is 18.4. The number of allylic oxidation sites excluding steroid dienone is 9. The molecule has 1 heterocycles. The number of hydrogen-bond donors (Lipinski definition) is 1. The lowest BCUT2D eigenvalue weighted by atomic mass is 9.74. The highest BCUT2D eigenvalue weighted by molar-refractivity contribution is 5.84. The minimum atomic E-state index is -0.291. The van der Waals surface area contributed by atoms with Crippen LogP contribution in [-0.4, -0.2) is 12.6 Å². The summed E-state index contributed by atoms with van der Waals surface area (Å²) < 4.78 is 6.74. The number of nitrogens with two attached hydrogens (primary N) is 1. The molecule has 2 rings (SSSR count). The maximum absolute atomic E-state index is 6.95. The zero-order chi connectivity index (χ0) is 29.4. The van der Waals surface area contributed by atoms with E-state index in [1.165, 1.54) is 27.8 Å². The van der Waals surface area contributed by atoms with Gasteiger partial charge in [-0.2, -0.15) is 0 Å². The average Bonchev–Trinajstić information content (AvgIpc) is 2.92. The van der Waals surface area contributed by atoms with E-state index in [1.807, 2.05) is 12.2 Å². The minimum Gasteiger partial charge on any atom is -0.497 e. The molecule has 212 valence electrons. The summed E-state index contributed by atoms with van der Waals surface area (Å²) >= 11 is 0. The molecule has 1 aliphatic heterocycles. The Labute approximate surface area is 239 Å². The molecule has 0 bridgehead atoms. The van der Waals surface area contributed by atoms with Crippen molar-refractivity contribution >= 4 is 5.57 Å². The quantitative estimate of drug-likeness (QED) is 0.307. The van der Waals surface area contributed by atoms with Crippen molar-refractivity contribution in [3.8, 4) is 0 Å². The van der Waals surface area contributed by atoms with Gasteiger partial charge in [0.15, 0.2) is 0 Å². The maximum Gasteiger partial charge on any atom is 0.102 e. The van der Waals surface area contributed by atoms with E-state index in [2.05, 4.69) is 105 Å². The molecule has 2 heteroatoms. The van der Waals surface area contributed by atoms with Gasteiger partial charge in [0.25, 0.3) is 0 Å². The van der Waals surface area contributed by atoms with Crippen molar-refractivity contribution in [3.63, 3.8) is 0 Å². The number of fused-ring (bicyclic) bond motifs is 1. The maximum atomic E-state index is 6.95. The van der Waals surface area contributed by atoms with Crippen LogP contribution in [0, 0.1) is 24.7 Å². The van der Waals surface area contributed by atoms with Gasteiger partial charge in [0.1, 0.15) is 5.76 Å². The van der Waals surface area contributed by atoms with Gasteiger partial charge in [-0.15, -0.1) is 0 Å². The molecule has 0 aliphatic carbocycles. The van der Waals surface area contributed by atoms with Gasteiger partial charge in [0.05, 0.1) is 6.61 Å². The summed E-state index contributed by atoms with van der Waals surface area (Å²) in [5.74, 6) is 1.07. The first-order valence-electron chi connectivity index (χ1n) is 14.7. The van der Waals surface area contributed by atoms with E-state index in [0.717, 1.165) is 54.6 Å². The topological polar surface area (TPSA) is 35.2 Å². The summed E-state index contributed by atoms with van der Waals surface area (Å²) in [6.07, 6.45) is 17.4. The van der Waals surface area contributed by atoms with Gasteiger partial charge in [-0.05, 0) is 90.0 Å². The standard InChI is InChI=1S/C37H53NO/c1-12-26(6)17-18-28(8)33-25-31(38)23-30(36(10,13-2)14-3)24-35(37(11,15-4)16-5)39-20-19-32-29(9)21-27(7)22-34(32)33/h12,17-18,21-25,31H,1,6,8,13-16,19-20,38H2,2-5,7,9-11H3/b18-17-,30-23+,33-25-,35-24-/t31-/m1/s1. The monoisotopic (exact) mass is 527 g/mol. The molecule has 1 aromatic carbocycles. The van der Waals surface area contributed by atoms with Crippen LogP contribution in [0.25, 0.3) is 5.57 Å². The normalized spacial score (nSPS) is 21.2. The third kappa shape index (κ3) is 7.85. The Morgan fingerprint density at radius 3 is 2.15 bits per heavy atom. The Kier molecular flexibility index (Phi) is 11.6. The van der Waals surface area contributed by atoms with E-state index in [-0.39, 0.29) is 16.9 Å². The molecule has 2 N–H and O–H groups in total. The third-order valence-electron chi connectivity index (χ3n) is 9.05. The van der Waals surface area contributed by atoms with Crippen LogP contribution in [0.2, 0.25) is 0 Å². The fraction of sp³-hybridized carbons (Fsp3) is 0.459. The number of aryl methyl sites for hydroxylation is 2. The van der Waals surface area contributed by atoms with Crippen LogP contribution in [0.15, 0.2) is 90.8 Å². The van der Waals surface area contributed by atoms with E-state index in [9.17, 15) is 0 Å². The lowest BCUT2D eigenvalue weighted by molar-refractivity contribution is 0.129. The molecule has 0 unspecified atom stereocenters. The molecule has 1 aromatic rings. The Bertz CT molecular complexity index is 1180. The summed E-state index contributed by atoms with van der Waals surface area (Å²) in [6, 6.07) is 4.23. The molecule has 0 amide bonds. The second-order valence-electron chi connectivity index (χ2n) is 11.7. The van der Waals surface area contributed by atoms with Crippen molar-refractivity contribution in [1.29, 1.82) is 0 Å². The number of rotatable bonds is 10. The predicted molar refractivity (Wildman–Crippen MR) is 173 cm³/mol. The summed E-state index contributed by atoms with van der Waals surface area (Å²) in [5, 5.41) is 0. The highest BCUT2D eigenvalue weighted by Gasteiger charge is 2.31. The van der Waals surface area contributed by atoms with E-state index in [0.29, 0.717) is 6.61 Å². The van der Waals surface area contributed by atoms with Crippen LogP contribution in [0.5, 0.6) is 0 Å². The van der Waals surface area contributed by atoms with Crippen molar-refractivity contribution < 1.29 is 4.74 Å². The van der Waals surface area contributed by atoms with Crippen LogP contribution >= 0.6 is 0 Å². The van der Waals surface area contributed by atoms with E-state index in [1.54, 1.807) is 6.08 Å². The lowest BCUT2D eigenvalue weighted by Crippen LogP contribution is -2.25. The molecule has 0 radical (unpaired) electrons. The van der Waals surface area contributed by atoms with Crippen molar-refractivity contribution in [2.45, 2.75) is 93.5 Å². The predicted octanol–water partition coefficient (Wildman–Crippen LogP) is 9.90. The Morgan fingerprint density at radius 1 is 0.974 bits per heavy atom. The molecule has 0 saturated heterocycles. The highest BCUT2D eigenvalue weighted by Crippen LogP contribution is 2.42. The number of benzene rings is 1. The van der Waals surface area contributed by atoms with Crippen molar-refractivity contribution in [3.05, 3.63) is 113 Å². The van der Waals surface area contributed by atoms with Crippen LogP contribution in [0.4, 0.5) is 0 Å². The SMILES string of the molecule is C=CC(=C)/C=C\C(=C)/C1=C/[C@H](N)/C=C(C(C)(CC)CC)\C=C(\C(C)(CC)CC)OCCc2c(C)cc(C)cc21. The smallest absolute Gasteiger partial charge is 0.102 e. The largest absolute Gasteiger partial charge is 0.497 e. The lowest BCUT2D eigenvalue weighted by Gasteiger charge is -2.34. The first kappa shape index (κ1) is 32.4. The molecule has 0 spiro atoms. The van der Waals surface area contributed by atoms with Gasteiger partial charge in [0, 0.05) is 17.9 Å². The van der Waals surface area contributed by atoms with Crippen molar-refractivity contribution in [2.75, 3.05) is 6.61 Å². The van der Waals surface area contributed by atoms with Gasteiger partial charge in [-0.1, -0.05) is 109 Å². The third-order valence-corrected chi connectivity index (χ3v) is 9.05. The van der Waals surface area contributed by atoms with Crippen LogP contribution < -0.4 is 5.73 Å². The fourth-order valence-corrected chi connectivity index (χ4v) is 5.23. The summed E-state index contributed by atoms with van der Waals surface area (Å²) in [4.78, 5) is 0. The summed E-state index contributed by atoms with van der Waals surface area (Å²) in [6.45, 7) is 31.0. The van der Waals surface area contributed by atoms with Crippen LogP contribution in [0.1, 0.15) is 89.5 Å². The molecule has 0 fully saturated rings. The van der Waals surface area contributed by atoms with Gasteiger partial charge in [-0.3, -0.25) is 0 Å². The molecule has 0 aromatic heterocycles. The fourth-order valence-electron chi connectivity index (χ4n) is 5.23. The molecule has 2 nitrogen and oxygen atoms in total. The summed E-state index contributed by atoms with van der Waals surface area (Å²) in [7, 11) is 0. The van der Waals surface area contributed by atoms with E-state index in [4.69, 9.17) is 10.5 Å². The van der Waals surface area contributed by atoms with E-state index < -0.39 is 0 Å². The van der Waals surface area contributed by atoms with Gasteiger partial charge < -0.3 is 10.5 Å². The highest BCUT2D eigenvalue weighted by atomic mass is 16.5. The zero-order valence-electron chi connectivity index (χ0n) is 26.0. The van der Waals surface area contributed by atoms with Gasteiger partial charge >= 0.3 is 0 Å². The summed E-state index contributed by atoms with van der Waals surface area (Å²) in [5.41, 5.74) is 15.9. The average molecular weight is 528 g/mol. The van der Waals surface area contributed by atoms with Crippen molar-refractivity contribution in [1.82, 2.24) is 0 Å². The molecule has 1 atom stereocenters. The van der Waals surface area contributed by atoms with Crippen LogP contribution in [-0.2, 0) is 11.2 Å². The number of ether oxygens (including phenoxy) is 1. The van der Waals surface area contributed by atoms with Crippen molar-refractivity contribution in [2.24, 2.45) is 16.6 Å². The zero-order valence-corrected chi connectivity index (χ0v) is 26.0. The molecule has 1 aliphatic rings. The minimum absolute atomic E-state index is 0.00353. The van der Waals surface area contributed by atoms with Crippen LogP contribution in [0.3, 0.4) is 0 Å². The Hall–Kier alpha value is -2.84. The first-order valence-corrected chi connectivity index (χ1v) is 14.7.